The third-order valence-electron chi connectivity index (χ3n) is 2.60. The molecule has 20 heavy (non-hydrogen) atoms. The average Bonchev–Trinajstić information content (AvgIpc) is 2.42. The third-order valence-corrected chi connectivity index (χ3v) is 2.60. The van der Waals surface area contributed by atoms with Gasteiger partial charge in [-0.3, -0.25) is 0 Å². The lowest BCUT2D eigenvalue weighted by molar-refractivity contribution is 0.0793. The van der Waals surface area contributed by atoms with Gasteiger partial charge in [0.05, 0.1) is 6.61 Å². The fraction of sp³-hybridized carbons (Fsp3) is 0.667. The van der Waals surface area contributed by atoms with Crippen molar-refractivity contribution in [1.29, 1.82) is 0 Å². The number of hydrogen-bond acceptors (Lipinski definition) is 4. The van der Waals surface area contributed by atoms with E-state index in [0.29, 0.717) is 37.8 Å². The summed E-state index contributed by atoms with van der Waals surface area (Å²) in [5.41, 5.74) is 0.576. The van der Waals surface area contributed by atoms with Crippen molar-refractivity contribution in [1.82, 2.24) is 10.3 Å². The van der Waals surface area contributed by atoms with Gasteiger partial charge in [0.2, 0.25) is 0 Å². The van der Waals surface area contributed by atoms with E-state index < -0.39 is 0 Å². The van der Waals surface area contributed by atoms with E-state index in [2.05, 4.69) is 31.1 Å². The number of nitrogens with one attached hydrogen (secondary N) is 1. The van der Waals surface area contributed by atoms with E-state index in [-0.39, 0.29) is 11.7 Å². The van der Waals surface area contributed by atoms with E-state index in [1.165, 1.54) is 0 Å². The van der Waals surface area contributed by atoms with Crippen LogP contribution >= 0.6 is 0 Å². The lowest BCUT2D eigenvalue weighted by atomic mass is 10.2. The molecule has 0 amide bonds. The normalized spacial score (nSPS) is 11.1. The van der Waals surface area contributed by atoms with E-state index in [4.69, 9.17) is 9.47 Å². The predicted octanol–water partition coefficient (Wildman–Crippen LogP) is 2.77. The molecule has 0 saturated carbocycles. The first-order chi connectivity index (χ1) is 9.65. The van der Waals surface area contributed by atoms with Gasteiger partial charge < -0.3 is 14.8 Å². The van der Waals surface area contributed by atoms with Crippen LogP contribution < -0.4 is 10.1 Å². The molecule has 5 heteroatoms. The summed E-state index contributed by atoms with van der Waals surface area (Å²) in [7, 11) is 0. The first kappa shape index (κ1) is 16.9. The van der Waals surface area contributed by atoms with Gasteiger partial charge in [0.1, 0.15) is 6.61 Å². The van der Waals surface area contributed by atoms with E-state index in [0.717, 1.165) is 13.0 Å². The lowest BCUT2D eigenvalue weighted by Gasteiger charge is -2.10. The molecule has 1 heterocycles. The summed E-state index contributed by atoms with van der Waals surface area (Å²) in [5.74, 6) is 0.145. The number of halogens is 1. The van der Waals surface area contributed by atoms with Crippen molar-refractivity contribution in [3.63, 3.8) is 0 Å². The van der Waals surface area contributed by atoms with Crippen LogP contribution in [0.25, 0.3) is 0 Å². The molecule has 0 radical (unpaired) electrons. The maximum absolute atomic E-state index is 14.1. The average molecular weight is 284 g/mol. The summed E-state index contributed by atoms with van der Waals surface area (Å²) in [4.78, 5) is 3.92. The quantitative estimate of drug-likeness (QED) is 0.671. The zero-order chi connectivity index (χ0) is 14.8. The van der Waals surface area contributed by atoms with Crippen LogP contribution in [0.15, 0.2) is 12.3 Å². The molecule has 0 atom stereocenters. The Bertz CT molecular complexity index is 386. The van der Waals surface area contributed by atoms with E-state index in [1.807, 2.05) is 0 Å². The first-order valence-corrected chi connectivity index (χ1v) is 7.19. The van der Waals surface area contributed by atoms with Crippen molar-refractivity contribution in [2.24, 2.45) is 5.92 Å². The van der Waals surface area contributed by atoms with Gasteiger partial charge in [0, 0.05) is 24.9 Å². The summed E-state index contributed by atoms with van der Waals surface area (Å²) in [5, 5.41) is 3.16. The van der Waals surface area contributed by atoms with Crippen LogP contribution in [-0.2, 0) is 11.3 Å². The minimum Gasteiger partial charge on any atom is -0.473 e. The maximum atomic E-state index is 14.1. The Morgan fingerprint density at radius 2 is 2.15 bits per heavy atom. The number of rotatable bonds is 10. The molecule has 0 unspecified atom stereocenters. The van der Waals surface area contributed by atoms with Crippen molar-refractivity contribution in [3.8, 4) is 5.88 Å². The molecular weight excluding hydrogens is 259 g/mol. The highest BCUT2D eigenvalue weighted by molar-refractivity contribution is 5.23. The Kier molecular flexibility index (Phi) is 8.14. The minimum atomic E-state index is -0.389. The van der Waals surface area contributed by atoms with Crippen LogP contribution in [0.1, 0.15) is 32.8 Å². The SMILES string of the molecule is CCCNCc1ccnc(OCCOCC(C)C)c1F. The van der Waals surface area contributed by atoms with Gasteiger partial charge in [-0.15, -0.1) is 0 Å². The smallest absolute Gasteiger partial charge is 0.250 e. The molecule has 0 aliphatic carbocycles. The van der Waals surface area contributed by atoms with Gasteiger partial charge >= 0.3 is 0 Å². The molecule has 1 aromatic heterocycles. The zero-order valence-electron chi connectivity index (χ0n) is 12.6. The Morgan fingerprint density at radius 3 is 2.85 bits per heavy atom. The second kappa shape index (κ2) is 9.66. The second-order valence-electron chi connectivity index (χ2n) is 5.08. The van der Waals surface area contributed by atoms with Gasteiger partial charge in [-0.2, -0.15) is 0 Å². The van der Waals surface area contributed by atoms with Crippen molar-refractivity contribution >= 4 is 0 Å². The van der Waals surface area contributed by atoms with Crippen molar-refractivity contribution in [2.45, 2.75) is 33.7 Å². The zero-order valence-corrected chi connectivity index (χ0v) is 12.6. The first-order valence-electron chi connectivity index (χ1n) is 7.19. The molecule has 4 nitrogen and oxygen atoms in total. The summed E-state index contributed by atoms with van der Waals surface area (Å²) in [6.07, 6.45) is 2.58. The van der Waals surface area contributed by atoms with Gasteiger partial charge in [-0.05, 0) is 24.9 Å². The van der Waals surface area contributed by atoms with Crippen molar-refractivity contribution < 1.29 is 13.9 Å². The van der Waals surface area contributed by atoms with Crippen LogP contribution in [0, 0.1) is 11.7 Å². The number of ether oxygens (including phenoxy) is 2. The number of aromatic nitrogens is 1. The van der Waals surface area contributed by atoms with Gasteiger partial charge in [0.25, 0.3) is 5.88 Å². The highest BCUT2D eigenvalue weighted by Crippen LogP contribution is 2.17. The Morgan fingerprint density at radius 1 is 1.35 bits per heavy atom. The molecule has 1 N–H and O–H groups in total. The molecule has 0 spiro atoms. The highest BCUT2D eigenvalue weighted by atomic mass is 19.1. The fourth-order valence-corrected chi connectivity index (χ4v) is 1.62. The van der Waals surface area contributed by atoms with Gasteiger partial charge in [-0.1, -0.05) is 20.8 Å². The van der Waals surface area contributed by atoms with Crippen molar-refractivity contribution in [3.05, 3.63) is 23.6 Å². The van der Waals surface area contributed by atoms with Crippen LogP contribution in [-0.4, -0.2) is 31.3 Å². The standard InChI is InChI=1S/C15H25FN2O2/c1-4-6-17-10-13-5-7-18-15(14(13)16)20-9-8-19-11-12(2)3/h5,7,12,17H,4,6,8-11H2,1-3H3. The molecule has 114 valence electrons. The fourth-order valence-electron chi connectivity index (χ4n) is 1.62. The predicted molar refractivity (Wildman–Crippen MR) is 77.3 cm³/mol. The summed E-state index contributed by atoms with van der Waals surface area (Å²) in [6.45, 7) is 9.01. The maximum Gasteiger partial charge on any atom is 0.250 e. The van der Waals surface area contributed by atoms with E-state index in [1.54, 1.807) is 12.3 Å². The molecule has 0 bridgehead atoms. The number of hydrogen-bond donors (Lipinski definition) is 1. The summed E-state index contributed by atoms with van der Waals surface area (Å²) >= 11 is 0. The molecule has 0 fully saturated rings. The van der Waals surface area contributed by atoms with E-state index in [9.17, 15) is 4.39 Å². The summed E-state index contributed by atoms with van der Waals surface area (Å²) < 4.78 is 24.8. The molecule has 0 aromatic carbocycles. The molecule has 0 aliphatic rings. The minimum absolute atomic E-state index is 0.0499. The van der Waals surface area contributed by atoms with Crippen LogP contribution in [0.2, 0.25) is 0 Å². The second-order valence-corrected chi connectivity index (χ2v) is 5.08. The van der Waals surface area contributed by atoms with Crippen LogP contribution in [0.4, 0.5) is 4.39 Å². The highest BCUT2D eigenvalue weighted by Gasteiger charge is 2.10. The lowest BCUT2D eigenvalue weighted by Crippen LogP contribution is -2.16. The summed E-state index contributed by atoms with van der Waals surface area (Å²) in [6, 6.07) is 1.67. The largest absolute Gasteiger partial charge is 0.473 e. The third kappa shape index (κ3) is 6.30. The Hall–Kier alpha value is -1.20. The Balaban J connectivity index is 2.39. The molecule has 1 aromatic rings. The topological polar surface area (TPSA) is 43.4 Å². The number of pyridine rings is 1. The molecule has 0 saturated heterocycles. The van der Waals surface area contributed by atoms with Gasteiger partial charge in [0.15, 0.2) is 5.82 Å². The monoisotopic (exact) mass is 284 g/mol. The van der Waals surface area contributed by atoms with Crippen molar-refractivity contribution in [2.75, 3.05) is 26.4 Å². The number of nitrogens with zero attached hydrogens (tertiary/aromatic N) is 1. The van der Waals surface area contributed by atoms with Crippen LogP contribution in [0.5, 0.6) is 5.88 Å². The van der Waals surface area contributed by atoms with Crippen LogP contribution in [0.3, 0.4) is 0 Å². The molecule has 0 aliphatic heterocycles. The Labute approximate surface area is 120 Å². The molecular formula is C15H25FN2O2. The van der Waals surface area contributed by atoms with E-state index >= 15 is 0 Å². The molecule has 1 rings (SSSR count). The van der Waals surface area contributed by atoms with Gasteiger partial charge in [-0.25, -0.2) is 9.37 Å².